The van der Waals surface area contributed by atoms with Gasteiger partial charge in [-0.05, 0) is 64.9 Å². The van der Waals surface area contributed by atoms with Gasteiger partial charge in [-0.2, -0.15) is 0 Å². The number of piperazine rings is 1. The van der Waals surface area contributed by atoms with Gasteiger partial charge in [-0.1, -0.05) is 18.2 Å². The Morgan fingerprint density at radius 3 is 2.56 bits per heavy atom. The molecule has 5 rings (SSSR count). The Hall–Kier alpha value is -3.20. The lowest BCUT2D eigenvalue weighted by Crippen LogP contribution is -2.47. The van der Waals surface area contributed by atoms with Gasteiger partial charge in [-0.15, -0.1) is 0 Å². The third-order valence-electron chi connectivity index (χ3n) is 6.23. The number of carbonyl (C=O) groups is 2. The molecule has 0 spiro atoms. The van der Waals surface area contributed by atoms with E-state index in [9.17, 15) is 9.59 Å². The summed E-state index contributed by atoms with van der Waals surface area (Å²) in [7, 11) is 1.75. The predicted octanol–water partition coefficient (Wildman–Crippen LogP) is 3.99. The van der Waals surface area contributed by atoms with Crippen LogP contribution in [0.25, 0.3) is 28.1 Å². The summed E-state index contributed by atoms with van der Waals surface area (Å²) >= 11 is 0.925. The van der Waals surface area contributed by atoms with Crippen LogP contribution in [-0.2, 0) is 9.53 Å². The summed E-state index contributed by atoms with van der Waals surface area (Å²) in [6, 6.07) is 16.6. The van der Waals surface area contributed by atoms with Crippen molar-refractivity contribution in [1.29, 1.82) is 0 Å². The van der Waals surface area contributed by atoms with Crippen molar-refractivity contribution in [3.05, 3.63) is 65.2 Å². The molecule has 2 amide bonds. The Balaban J connectivity index is 1.37. The van der Waals surface area contributed by atoms with Gasteiger partial charge in [0.05, 0.1) is 17.0 Å². The highest BCUT2D eigenvalue weighted by atomic mass is 32.2. The number of ether oxygens (including phenoxy) is 1. The summed E-state index contributed by atoms with van der Waals surface area (Å²) in [6.07, 6.45) is 3.57. The van der Waals surface area contributed by atoms with Crippen molar-refractivity contribution in [3.8, 4) is 11.1 Å². The third-order valence-corrected chi connectivity index (χ3v) is 7.04. The molecule has 7 nitrogen and oxygen atoms in total. The number of carbonyl (C=O) groups excluding carboxylic acids is 2. The van der Waals surface area contributed by atoms with E-state index in [4.69, 9.17) is 4.74 Å². The van der Waals surface area contributed by atoms with E-state index < -0.39 is 0 Å². The first-order chi connectivity index (χ1) is 16.6. The van der Waals surface area contributed by atoms with Gasteiger partial charge in [0.15, 0.2) is 0 Å². The first-order valence-corrected chi connectivity index (χ1v) is 12.1. The number of nitrogens with one attached hydrogen (secondary N) is 1. The average molecular weight is 475 g/mol. The van der Waals surface area contributed by atoms with E-state index in [2.05, 4.69) is 44.4 Å². The van der Waals surface area contributed by atoms with Gasteiger partial charge in [0.2, 0.25) is 0 Å². The van der Waals surface area contributed by atoms with Crippen molar-refractivity contribution < 1.29 is 14.3 Å². The molecule has 34 heavy (non-hydrogen) atoms. The Bertz CT molecular complexity index is 1250. The second kappa shape index (κ2) is 9.97. The van der Waals surface area contributed by atoms with Crippen LogP contribution in [0.1, 0.15) is 5.56 Å². The molecular formula is C26H26N4O3S. The first-order valence-electron chi connectivity index (χ1n) is 11.3. The molecule has 0 bridgehead atoms. The molecule has 0 aliphatic carbocycles. The van der Waals surface area contributed by atoms with Crippen molar-refractivity contribution >= 4 is 45.6 Å². The van der Waals surface area contributed by atoms with Gasteiger partial charge in [0.1, 0.15) is 0 Å². The Kier molecular flexibility index (Phi) is 6.62. The van der Waals surface area contributed by atoms with Crippen LogP contribution in [0.2, 0.25) is 0 Å². The Morgan fingerprint density at radius 2 is 1.85 bits per heavy atom. The number of nitrogens with zero attached hydrogens (tertiary/aromatic N) is 3. The highest BCUT2D eigenvalue weighted by Crippen LogP contribution is 2.32. The number of benzene rings is 2. The number of fused-ring (bicyclic) bond motifs is 1. The number of hydrogen-bond donors (Lipinski definition) is 1. The molecule has 0 saturated carbocycles. The minimum absolute atomic E-state index is 0.337. The standard InChI is InChI=1S/C26H26N4O3S/c1-33-15-14-29-10-12-30(13-11-29)20-5-3-19(4-6-20)21-8-9-27-23-7-2-18(16-22(21)23)17-24-25(31)28-26(32)34-24/h2-9,16-17H,10-15H2,1H3,(H,28,31,32). The summed E-state index contributed by atoms with van der Waals surface area (Å²) in [5, 5.41) is 2.97. The topological polar surface area (TPSA) is 74.8 Å². The maximum absolute atomic E-state index is 11.9. The fourth-order valence-electron chi connectivity index (χ4n) is 4.38. The largest absolute Gasteiger partial charge is 0.383 e. The van der Waals surface area contributed by atoms with E-state index in [-0.39, 0.29) is 11.1 Å². The number of aromatic nitrogens is 1. The lowest BCUT2D eigenvalue weighted by molar-refractivity contribution is -0.115. The summed E-state index contributed by atoms with van der Waals surface area (Å²) in [6.45, 7) is 5.86. The molecule has 1 aromatic heterocycles. The molecule has 2 saturated heterocycles. The van der Waals surface area contributed by atoms with Gasteiger partial charge in [-0.25, -0.2) is 0 Å². The van der Waals surface area contributed by atoms with Crippen molar-refractivity contribution in [2.24, 2.45) is 0 Å². The highest BCUT2D eigenvalue weighted by molar-refractivity contribution is 8.18. The van der Waals surface area contributed by atoms with Crippen LogP contribution >= 0.6 is 11.8 Å². The normalized spacial score (nSPS) is 18.1. The Labute approximate surface area is 202 Å². The van der Waals surface area contributed by atoms with Crippen LogP contribution in [-0.4, -0.2) is 67.5 Å². The number of hydrogen-bond acceptors (Lipinski definition) is 7. The molecule has 1 N–H and O–H groups in total. The van der Waals surface area contributed by atoms with Gasteiger partial charge >= 0.3 is 0 Å². The van der Waals surface area contributed by atoms with Crippen LogP contribution in [0.3, 0.4) is 0 Å². The number of anilines is 1. The molecule has 0 unspecified atom stereocenters. The SMILES string of the molecule is COCCN1CCN(c2ccc(-c3ccnc4ccc(C=C5SC(=O)NC5=O)cc34)cc2)CC1. The maximum Gasteiger partial charge on any atom is 0.290 e. The summed E-state index contributed by atoms with van der Waals surface area (Å²) < 4.78 is 5.20. The minimum atomic E-state index is -0.350. The lowest BCUT2D eigenvalue weighted by atomic mass is 9.99. The fourth-order valence-corrected chi connectivity index (χ4v) is 5.06. The zero-order valence-corrected chi connectivity index (χ0v) is 19.8. The third kappa shape index (κ3) is 4.84. The quantitative estimate of drug-likeness (QED) is 0.542. The molecule has 8 heteroatoms. The van der Waals surface area contributed by atoms with E-state index in [1.54, 1.807) is 13.2 Å². The van der Waals surface area contributed by atoms with Crippen molar-refractivity contribution in [2.45, 2.75) is 0 Å². The molecule has 3 aromatic rings. The van der Waals surface area contributed by atoms with E-state index in [0.29, 0.717) is 4.91 Å². The van der Waals surface area contributed by atoms with Crippen LogP contribution in [0, 0.1) is 0 Å². The van der Waals surface area contributed by atoms with Crippen molar-refractivity contribution in [1.82, 2.24) is 15.2 Å². The minimum Gasteiger partial charge on any atom is -0.383 e. The molecular weight excluding hydrogens is 448 g/mol. The predicted molar refractivity (Wildman–Crippen MR) is 137 cm³/mol. The summed E-state index contributed by atoms with van der Waals surface area (Å²) in [5.74, 6) is -0.350. The van der Waals surface area contributed by atoms with E-state index in [1.807, 2.05) is 30.5 Å². The average Bonchev–Trinajstić information content (AvgIpc) is 3.19. The number of methoxy groups -OCH3 is 1. The zero-order valence-electron chi connectivity index (χ0n) is 19.0. The van der Waals surface area contributed by atoms with Crippen LogP contribution in [0.4, 0.5) is 10.5 Å². The molecule has 2 aromatic carbocycles. The molecule has 0 atom stereocenters. The van der Waals surface area contributed by atoms with Crippen LogP contribution in [0.15, 0.2) is 59.6 Å². The van der Waals surface area contributed by atoms with Gasteiger partial charge in [0, 0.05) is 57.1 Å². The molecule has 2 fully saturated rings. The number of thioether (sulfide) groups is 1. The molecule has 0 radical (unpaired) electrons. The highest BCUT2D eigenvalue weighted by Gasteiger charge is 2.25. The lowest BCUT2D eigenvalue weighted by Gasteiger charge is -2.36. The molecule has 3 heterocycles. The second-order valence-corrected chi connectivity index (χ2v) is 9.37. The number of rotatable bonds is 6. The molecule has 2 aliphatic rings. The van der Waals surface area contributed by atoms with Crippen molar-refractivity contribution in [3.63, 3.8) is 0 Å². The fraction of sp³-hybridized carbons (Fsp3) is 0.269. The monoisotopic (exact) mass is 474 g/mol. The molecule has 2 aliphatic heterocycles. The first kappa shape index (κ1) is 22.6. The second-order valence-electron chi connectivity index (χ2n) is 8.36. The van der Waals surface area contributed by atoms with Crippen LogP contribution < -0.4 is 10.2 Å². The maximum atomic E-state index is 11.9. The van der Waals surface area contributed by atoms with Gasteiger partial charge in [-0.3, -0.25) is 24.8 Å². The number of amides is 2. The van der Waals surface area contributed by atoms with E-state index in [0.717, 1.165) is 78.7 Å². The van der Waals surface area contributed by atoms with Crippen LogP contribution in [0.5, 0.6) is 0 Å². The van der Waals surface area contributed by atoms with Gasteiger partial charge in [0.25, 0.3) is 11.1 Å². The number of pyridine rings is 1. The zero-order chi connectivity index (χ0) is 23.5. The Morgan fingerprint density at radius 1 is 1.06 bits per heavy atom. The summed E-state index contributed by atoms with van der Waals surface area (Å²) in [5.41, 5.74) is 5.17. The van der Waals surface area contributed by atoms with E-state index in [1.165, 1.54) is 5.69 Å². The van der Waals surface area contributed by atoms with E-state index >= 15 is 0 Å². The number of imide groups is 1. The molecule has 174 valence electrons. The van der Waals surface area contributed by atoms with Crippen molar-refractivity contribution in [2.75, 3.05) is 51.3 Å². The summed E-state index contributed by atoms with van der Waals surface area (Å²) in [4.78, 5) is 33.2. The van der Waals surface area contributed by atoms with Gasteiger partial charge < -0.3 is 9.64 Å². The smallest absolute Gasteiger partial charge is 0.290 e.